The fourth-order valence-corrected chi connectivity index (χ4v) is 2.67. The summed E-state index contributed by atoms with van der Waals surface area (Å²) < 4.78 is 3.82. The normalized spacial score (nSPS) is 20.3. The molecule has 0 spiro atoms. The number of anilines is 1. The Labute approximate surface area is 109 Å². The predicted octanol–water partition coefficient (Wildman–Crippen LogP) is 0.498. The summed E-state index contributed by atoms with van der Waals surface area (Å²) in [5.41, 5.74) is 5.74. The maximum atomic E-state index is 5.74. The van der Waals surface area contributed by atoms with Crippen LogP contribution >= 0.6 is 11.5 Å². The van der Waals surface area contributed by atoms with Crippen LogP contribution in [0, 0.1) is 5.92 Å². The van der Waals surface area contributed by atoms with Gasteiger partial charge in [0, 0.05) is 13.1 Å². The van der Waals surface area contributed by atoms with Crippen LogP contribution in [0.2, 0.25) is 0 Å². The first-order chi connectivity index (χ1) is 8.86. The van der Waals surface area contributed by atoms with E-state index in [-0.39, 0.29) is 0 Å². The Bertz CT molecular complexity index is 494. The van der Waals surface area contributed by atoms with E-state index in [1.54, 1.807) is 6.20 Å². The van der Waals surface area contributed by atoms with E-state index in [1.165, 1.54) is 18.0 Å². The SMILES string of the molecule is NCC1CCCN(c2n[nH]c(-c3cnns3)n2)C1. The lowest BCUT2D eigenvalue weighted by Crippen LogP contribution is -2.38. The van der Waals surface area contributed by atoms with E-state index in [2.05, 4.69) is 29.7 Å². The fraction of sp³-hybridized carbons (Fsp3) is 0.600. The molecule has 2 aromatic heterocycles. The highest BCUT2D eigenvalue weighted by atomic mass is 32.1. The van der Waals surface area contributed by atoms with Gasteiger partial charge in [0.15, 0.2) is 5.82 Å². The summed E-state index contributed by atoms with van der Waals surface area (Å²) in [4.78, 5) is 7.59. The van der Waals surface area contributed by atoms with Crippen molar-refractivity contribution in [2.75, 3.05) is 24.5 Å². The van der Waals surface area contributed by atoms with Gasteiger partial charge in [-0.1, -0.05) is 4.49 Å². The minimum Gasteiger partial charge on any atom is -0.339 e. The highest BCUT2D eigenvalue weighted by Crippen LogP contribution is 2.23. The third kappa shape index (κ3) is 2.21. The van der Waals surface area contributed by atoms with Crippen molar-refractivity contribution in [3.8, 4) is 10.7 Å². The molecule has 1 fully saturated rings. The number of nitrogens with zero attached hydrogens (tertiary/aromatic N) is 5. The molecule has 1 saturated heterocycles. The number of rotatable bonds is 3. The van der Waals surface area contributed by atoms with E-state index >= 15 is 0 Å². The summed E-state index contributed by atoms with van der Waals surface area (Å²) in [6.07, 6.45) is 4.03. The molecule has 3 heterocycles. The van der Waals surface area contributed by atoms with Crippen molar-refractivity contribution in [1.29, 1.82) is 0 Å². The van der Waals surface area contributed by atoms with Crippen molar-refractivity contribution >= 4 is 17.5 Å². The molecular weight excluding hydrogens is 250 g/mol. The van der Waals surface area contributed by atoms with Crippen molar-refractivity contribution in [1.82, 2.24) is 24.8 Å². The molecule has 3 rings (SSSR count). The Morgan fingerprint density at radius 2 is 2.50 bits per heavy atom. The molecule has 0 radical (unpaired) electrons. The fourth-order valence-electron chi connectivity index (χ4n) is 2.22. The van der Waals surface area contributed by atoms with E-state index in [1.807, 2.05) is 0 Å². The van der Waals surface area contributed by atoms with Gasteiger partial charge in [0.2, 0.25) is 5.95 Å². The van der Waals surface area contributed by atoms with Crippen LogP contribution in [-0.2, 0) is 0 Å². The van der Waals surface area contributed by atoms with Gasteiger partial charge in [-0.3, -0.25) is 5.10 Å². The topological polar surface area (TPSA) is 96.6 Å². The molecule has 1 unspecified atom stereocenters. The van der Waals surface area contributed by atoms with Crippen LogP contribution in [0.15, 0.2) is 6.20 Å². The average molecular weight is 265 g/mol. The number of nitrogens with two attached hydrogens (primary N) is 1. The molecule has 7 nitrogen and oxygen atoms in total. The smallest absolute Gasteiger partial charge is 0.245 e. The molecule has 1 aliphatic heterocycles. The quantitative estimate of drug-likeness (QED) is 0.838. The van der Waals surface area contributed by atoms with Crippen molar-refractivity contribution < 1.29 is 0 Å². The molecule has 2 aromatic rings. The number of H-pyrrole nitrogens is 1. The van der Waals surface area contributed by atoms with Crippen molar-refractivity contribution in [2.45, 2.75) is 12.8 Å². The van der Waals surface area contributed by atoms with E-state index in [9.17, 15) is 0 Å². The van der Waals surface area contributed by atoms with Gasteiger partial charge in [0.25, 0.3) is 0 Å². The molecular formula is C10H15N7S. The Hall–Kier alpha value is -1.54. The Kier molecular flexibility index (Phi) is 3.20. The molecule has 96 valence electrons. The summed E-state index contributed by atoms with van der Waals surface area (Å²) >= 11 is 1.31. The van der Waals surface area contributed by atoms with Crippen molar-refractivity contribution in [3.63, 3.8) is 0 Å². The van der Waals surface area contributed by atoms with Crippen LogP contribution in [0.25, 0.3) is 10.7 Å². The van der Waals surface area contributed by atoms with Crippen LogP contribution in [0.3, 0.4) is 0 Å². The van der Waals surface area contributed by atoms with Gasteiger partial charge in [0.05, 0.1) is 6.20 Å². The summed E-state index contributed by atoms with van der Waals surface area (Å²) in [5.74, 6) is 2.03. The predicted molar refractivity (Wildman–Crippen MR) is 69.3 cm³/mol. The lowest BCUT2D eigenvalue weighted by molar-refractivity contribution is 0.420. The van der Waals surface area contributed by atoms with Crippen LogP contribution in [0.4, 0.5) is 5.95 Å². The number of aromatic nitrogens is 5. The molecule has 0 amide bonds. The second kappa shape index (κ2) is 4.99. The summed E-state index contributed by atoms with van der Waals surface area (Å²) in [6.45, 7) is 2.66. The monoisotopic (exact) mass is 265 g/mol. The van der Waals surface area contributed by atoms with Gasteiger partial charge in [-0.2, -0.15) is 4.98 Å². The molecule has 0 bridgehead atoms. The first-order valence-corrected chi connectivity index (χ1v) is 6.79. The highest BCUT2D eigenvalue weighted by Gasteiger charge is 2.22. The number of nitrogens with one attached hydrogen (secondary N) is 1. The zero-order valence-electron chi connectivity index (χ0n) is 9.91. The maximum absolute atomic E-state index is 5.74. The third-order valence-corrected chi connectivity index (χ3v) is 3.87. The van der Waals surface area contributed by atoms with Gasteiger partial charge >= 0.3 is 0 Å². The van der Waals surface area contributed by atoms with Crippen molar-refractivity contribution in [2.24, 2.45) is 11.7 Å². The number of hydrogen-bond acceptors (Lipinski definition) is 7. The summed E-state index contributed by atoms with van der Waals surface area (Å²) in [5, 5.41) is 11.0. The second-order valence-corrected chi connectivity index (χ2v) is 5.24. The maximum Gasteiger partial charge on any atom is 0.245 e. The molecule has 0 aliphatic carbocycles. The lowest BCUT2D eigenvalue weighted by atomic mass is 9.99. The van der Waals surface area contributed by atoms with Gasteiger partial charge in [0.1, 0.15) is 4.88 Å². The van der Waals surface area contributed by atoms with Gasteiger partial charge in [-0.25, -0.2) is 0 Å². The van der Waals surface area contributed by atoms with E-state index in [0.29, 0.717) is 5.92 Å². The molecule has 1 aliphatic rings. The molecule has 1 atom stereocenters. The second-order valence-electron chi connectivity index (χ2n) is 4.46. The van der Waals surface area contributed by atoms with Crippen LogP contribution in [0.5, 0.6) is 0 Å². The van der Waals surface area contributed by atoms with Crippen LogP contribution in [-0.4, -0.2) is 44.4 Å². The Morgan fingerprint density at radius 3 is 3.28 bits per heavy atom. The largest absolute Gasteiger partial charge is 0.339 e. The van der Waals surface area contributed by atoms with E-state index in [4.69, 9.17) is 5.73 Å². The molecule has 18 heavy (non-hydrogen) atoms. The van der Waals surface area contributed by atoms with Crippen LogP contribution in [0.1, 0.15) is 12.8 Å². The molecule has 8 heteroatoms. The first kappa shape index (κ1) is 11.5. The van der Waals surface area contributed by atoms with Crippen LogP contribution < -0.4 is 10.6 Å². The third-order valence-electron chi connectivity index (χ3n) is 3.20. The molecule has 0 aromatic carbocycles. The Morgan fingerprint density at radius 1 is 1.56 bits per heavy atom. The van der Waals surface area contributed by atoms with E-state index in [0.717, 1.165) is 42.7 Å². The zero-order valence-corrected chi connectivity index (χ0v) is 10.7. The molecule has 0 saturated carbocycles. The van der Waals surface area contributed by atoms with Gasteiger partial charge in [-0.05, 0) is 36.8 Å². The van der Waals surface area contributed by atoms with E-state index < -0.39 is 0 Å². The van der Waals surface area contributed by atoms with Gasteiger partial charge < -0.3 is 10.6 Å². The average Bonchev–Trinajstić information content (AvgIpc) is 3.09. The minimum atomic E-state index is 0.547. The summed E-state index contributed by atoms with van der Waals surface area (Å²) in [6, 6.07) is 0. The lowest BCUT2D eigenvalue weighted by Gasteiger charge is -2.31. The first-order valence-electron chi connectivity index (χ1n) is 6.02. The number of aromatic amines is 1. The molecule has 3 N–H and O–H groups in total. The minimum absolute atomic E-state index is 0.547. The Balaban J connectivity index is 1.77. The zero-order chi connectivity index (χ0) is 12.4. The van der Waals surface area contributed by atoms with Gasteiger partial charge in [-0.15, -0.1) is 10.2 Å². The number of hydrogen-bond donors (Lipinski definition) is 2. The summed E-state index contributed by atoms with van der Waals surface area (Å²) in [7, 11) is 0. The highest BCUT2D eigenvalue weighted by molar-refractivity contribution is 7.09. The number of piperidine rings is 1. The van der Waals surface area contributed by atoms with Crippen molar-refractivity contribution in [3.05, 3.63) is 6.20 Å². The standard InChI is InChI=1S/C10H15N7S/c11-4-7-2-1-3-17(6-7)10-13-9(14-15-10)8-5-12-16-18-8/h5,7H,1-4,6,11H2,(H,13,14,15).